The van der Waals surface area contributed by atoms with Crippen LogP contribution in [-0.2, 0) is 11.8 Å². The molecule has 10 heteroatoms. The van der Waals surface area contributed by atoms with E-state index in [1.807, 2.05) is 12.1 Å². The zero-order valence-corrected chi connectivity index (χ0v) is 18.2. The number of methoxy groups -OCH3 is 1. The molecule has 1 fully saturated rings. The van der Waals surface area contributed by atoms with Gasteiger partial charge in [-0.3, -0.25) is 4.90 Å². The van der Waals surface area contributed by atoms with E-state index in [1.165, 1.54) is 10.9 Å². The molecule has 32 heavy (non-hydrogen) atoms. The second kappa shape index (κ2) is 9.84. The largest absolute Gasteiger partial charge is 0.493 e. The number of aryl methyl sites for hydroxylation is 1. The number of carboxylic acids is 1. The van der Waals surface area contributed by atoms with Crippen LogP contribution in [0.3, 0.4) is 0 Å². The fourth-order valence-corrected chi connectivity index (χ4v) is 3.71. The number of morpholine rings is 1. The number of nitrogens with one attached hydrogen (secondary N) is 1. The molecule has 1 saturated heterocycles. The Balaban J connectivity index is 1.49. The molecule has 4 rings (SSSR count). The molecule has 10 nitrogen and oxygen atoms in total. The first-order valence-corrected chi connectivity index (χ1v) is 10.5. The number of ether oxygens (including phenoxy) is 3. The van der Waals surface area contributed by atoms with Crippen LogP contribution < -0.4 is 14.8 Å². The van der Waals surface area contributed by atoms with Gasteiger partial charge in [0.2, 0.25) is 0 Å². The summed E-state index contributed by atoms with van der Waals surface area (Å²) in [5.41, 5.74) is 1.49. The quantitative estimate of drug-likeness (QED) is 0.484. The van der Waals surface area contributed by atoms with Crippen LogP contribution in [-0.4, -0.2) is 77.1 Å². The van der Waals surface area contributed by atoms with Crippen molar-refractivity contribution in [2.45, 2.75) is 6.42 Å². The third-order valence-electron chi connectivity index (χ3n) is 5.39. The monoisotopic (exact) mass is 441 g/mol. The summed E-state index contributed by atoms with van der Waals surface area (Å²) in [6.07, 6.45) is 4.05. The third kappa shape index (κ3) is 4.92. The summed E-state index contributed by atoms with van der Waals surface area (Å²) in [5.74, 6) is 0.764. The molecule has 3 heterocycles. The predicted molar refractivity (Wildman–Crippen MR) is 119 cm³/mol. The van der Waals surface area contributed by atoms with E-state index in [9.17, 15) is 9.90 Å². The Labute approximate surface area is 185 Å². The van der Waals surface area contributed by atoms with Gasteiger partial charge in [-0.15, -0.1) is 0 Å². The lowest BCUT2D eigenvalue weighted by molar-refractivity contribution is 0.0357. The molecule has 2 aromatic heterocycles. The van der Waals surface area contributed by atoms with Gasteiger partial charge in [0.15, 0.2) is 11.5 Å². The third-order valence-corrected chi connectivity index (χ3v) is 5.39. The van der Waals surface area contributed by atoms with Crippen molar-refractivity contribution in [3.63, 3.8) is 0 Å². The minimum absolute atomic E-state index is 0.177. The van der Waals surface area contributed by atoms with Gasteiger partial charge in [0, 0.05) is 44.3 Å². The van der Waals surface area contributed by atoms with E-state index < -0.39 is 5.97 Å². The summed E-state index contributed by atoms with van der Waals surface area (Å²) in [6.45, 7) is 5.02. The van der Waals surface area contributed by atoms with Gasteiger partial charge >= 0.3 is 5.97 Å². The standard InChI is InChI=1S/C22H27N5O5/c1-26-13-15(10-18(26)22(28)29)25-21-16-11-19(30-2)20(12-17(16)23-14-24-21)32-7-3-4-27-5-8-31-9-6-27/h10-14H,3-9H2,1-2H3,(H,28,29)(H,23,24,25). The highest BCUT2D eigenvalue weighted by molar-refractivity contribution is 5.94. The second-order valence-corrected chi connectivity index (χ2v) is 7.55. The van der Waals surface area contributed by atoms with E-state index in [2.05, 4.69) is 20.2 Å². The molecular weight excluding hydrogens is 414 g/mol. The van der Waals surface area contributed by atoms with Crippen LogP contribution in [0.25, 0.3) is 10.9 Å². The Kier molecular flexibility index (Phi) is 6.72. The molecule has 0 aliphatic carbocycles. The van der Waals surface area contributed by atoms with E-state index >= 15 is 0 Å². The van der Waals surface area contributed by atoms with E-state index in [1.54, 1.807) is 26.4 Å². The Morgan fingerprint density at radius 1 is 1.22 bits per heavy atom. The molecule has 0 spiro atoms. The minimum atomic E-state index is -0.995. The number of hydrogen-bond donors (Lipinski definition) is 2. The van der Waals surface area contributed by atoms with Crippen molar-refractivity contribution in [1.82, 2.24) is 19.4 Å². The van der Waals surface area contributed by atoms with E-state index in [4.69, 9.17) is 14.2 Å². The number of hydrogen-bond acceptors (Lipinski definition) is 8. The molecule has 0 bridgehead atoms. The summed E-state index contributed by atoms with van der Waals surface area (Å²) in [7, 11) is 3.27. The molecule has 1 aliphatic rings. The smallest absolute Gasteiger partial charge is 0.352 e. The fourth-order valence-electron chi connectivity index (χ4n) is 3.71. The molecule has 0 unspecified atom stereocenters. The topological polar surface area (TPSA) is 111 Å². The van der Waals surface area contributed by atoms with Gasteiger partial charge in [-0.1, -0.05) is 0 Å². The number of carboxylic acid groups (broad SMARTS) is 1. The van der Waals surface area contributed by atoms with Crippen LogP contribution in [0, 0.1) is 0 Å². The highest BCUT2D eigenvalue weighted by atomic mass is 16.5. The molecule has 0 saturated carbocycles. The van der Waals surface area contributed by atoms with Crippen LogP contribution in [0.2, 0.25) is 0 Å². The first-order chi connectivity index (χ1) is 15.5. The number of fused-ring (bicyclic) bond motifs is 1. The zero-order valence-electron chi connectivity index (χ0n) is 18.2. The normalized spacial score (nSPS) is 14.4. The maximum absolute atomic E-state index is 11.3. The number of benzene rings is 1. The number of carbonyl (C=O) groups is 1. The van der Waals surface area contributed by atoms with Gasteiger partial charge in [-0.05, 0) is 18.6 Å². The Morgan fingerprint density at radius 2 is 2.03 bits per heavy atom. The summed E-state index contributed by atoms with van der Waals surface area (Å²) in [5, 5.41) is 13.2. The summed E-state index contributed by atoms with van der Waals surface area (Å²) in [4.78, 5) is 22.4. The fraction of sp³-hybridized carbons (Fsp3) is 0.409. The summed E-state index contributed by atoms with van der Waals surface area (Å²) in [6, 6.07) is 5.22. The van der Waals surface area contributed by atoms with Crippen molar-refractivity contribution in [3.05, 3.63) is 36.4 Å². The van der Waals surface area contributed by atoms with Gasteiger partial charge in [-0.2, -0.15) is 0 Å². The maximum Gasteiger partial charge on any atom is 0.352 e. The van der Waals surface area contributed by atoms with Crippen molar-refractivity contribution in [3.8, 4) is 11.5 Å². The molecule has 170 valence electrons. The first kappa shape index (κ1) is 21.8. The van der Waals surface area contributed by atoms with Crippen LogP contribution in [0.1, 0.15) is 16.9 Å². The van der Waals surface area contributed by atoms with Gasteiger partial charge < -0.3 is 29.2 Å². The van der Waals surface area contributed by atoms with Crippen LogP contribution >= 0.6 is 0 Å². The highest BCUT2D eigenvalue weighted by Crippen LogP contribution is 2.35. The molecule has 0 radical (unpaired) electrons. The minimum Gasteiger partial charge on any atom is -0.493 e. The molecule has 2 N–H and O–H groups in total. The summed E-state index contributed by atoms with van der Waals surface area (Å²) >= 11 is 0. The van der Waals surface area contributed by atoms with Gasteiger partial charge in [0.25, 0.3) is 0 Å². The zero-order chi connectivity index (χ0) is 22.5. The van der Waals surface area contributed by atoms with E-state index in [0.717, 1.165) is 44.7 Å². The maximum atomic E-state index is 11.3. The SMILES string of the molecule is COc1cc2c(Nc3cc(C(=O)O)n(C)c3)ncnc2cc1OCCCN1CCOCC1. The number of aromatic nitrogens is 3. The lowest BCUT2D eigenvalue weighted by atomic mass is 10.2. The molecule has 0 amide bonds. The average Bonchev–Trinajstić information content (AvgIpc) is 3.17. The van der Waals surface area contributed by atoms with Crippen molar-refractivity contribution in [2.75, 3.05) is 51.9 Å². The average molecular weight is 441 g/mol. The van der Waals surface area contributed by atoms with Crippen LogP contribution in [0.5, 0.6) is 11.5 Å². The highest BCUT2D eigenvalue weighted by Gasteiger charge is 2.15. The lowest BCUT2D eigenvalue weighted by Gasteiger charge is -2.26. The molecule has 0 atom stereocenters. The van der Waals surface area contributed by atoms with Crippen molar-refractivity contribution < 1.29 is 24.1 Å². The second-order valence-electron chi connectivity index (χ2n) is 7.55. The lowest BCUT2D eigenvalue weighted by Crippen LogP contribution is -2.37. The molecular formula is C22H27N5O5. The van der Waals surface area contributed by atoms with Gasteiger partial charge in [-0.25, -0.2) is 14.8 Å². The Morgan fingerprint density at radius 3 is 2.75 bits per heavy atom. The Bertz CT molecular complexity index is 1090. The number of nitrogens with zero attached hydrogens (tertiary/aromatic N) is 4. The number of anilines is 2. The van der Waals surface area contributed by atoms with Crippen molar-refractivity contribution in [1.29, 1.82) is 0 Å². The first-order valence-electron chi connectivity index (χ1n) is 10.5. The predicted octanol–water partition coefficient (Wildman–Crippen LogP) is 2.52. The van der Waals surface area contributed by atoms with E-state index in [0.29, 0.717) is 35.1 Å². The number of rotatable bonds is 9. The number of aromatic carboxylic acids is 1. The Hall–Kier alpha value is -3.37. The van der Waals surface area contributed by atoms with Crippen LogP contribution in [0.15, 0.2) is 30.7 Å². The van der Waals surface area contributed by atoms with Gasteiger partial charge in [0.1, 0.15) is 17.8 Å². The summed E-state index contributed by atoms with van der Waals surface area (Å²) < 4.78 is 18.5. The van der Waals surface area contributed by atoms with Crippen molar-refractivity contribution in [2.24, 2.45) is 7.05 Å². The van der Waals surface area contributed by atoms with Gasteiger partial charge in [0.05, 0.1) is 38.1 Å². The van der Waals surface area contributed by atoms with Crippen molar-refractivity contribution >= 4 is 28.4 Å². The molecule has 3 aromatic rings. The molecule has 1 aliphatic heterocycles. The van der Waals surface area contributed by atoms with Crippen LogP contribution in [0.4, 0.5) is 11.5 Å². The van der Waals surface area contributed by atoms with E-state index in [-0.39, 0.29) is 5.69 Å². The molecule has 1 aromatic carbocycles.